The van der Waals surface area contributed by atoms with Gasteiger partial charge in [0.05, 0.1) is 6.04 Å². The molecule has 0 saturated carbocycles. The Morgan fingerprint density at radius 2 is 1.91 bits per heavy atom. The summed E-state index contributed by atoms with van der Waals surface area (Å²) in [7, 11) is 0. The second-order valence-electron chi connectivity index (χ2n) is 5.56. The van der Waals surface area contributed by atoms with Crippen molar-refractivity contribution >= 4 is 17.6 Å². The fourth-order valence-corrected chi connectivity index (χ4v) is 3.13. The van der Waals surface area contributed by atoms with Crippen molar-refractivity contribution in [3.63, 3.8) is 0 Å². The van der Waals surface area contributed by atoms with Crippen molar-refractivity contribution in [1.29, 1.82) is 0 Å². The summed E-state index contributed by atoms with van der Waals surface area (Å²) < 4.78 is 0. The summed E-state index contributed by atoms with van der Waals surface area (Å²) in [5.74, 6) is 0. The predicted octanol–water partition coefficient (Wildman–Crippen LogP) is 4.22. The van der Waals surface area contributed by atoms with Crippen LogP contribution >= 0.6 is 11.6 Å². The summed E-state index contributed by atoms with van der Waals surface area (Å²) in [6.07, 6.45) is 3.18. The number of halogens is 1. The Bertz CT molecular complexity index is 672. The number of amides is 2. The van der Waals surface area contributed by atoms with Gasteiger partial charge in [-0.15, -0.1) is 0 Å². The van der Waals surface area contributed by atoms with Crippen LogP contribution in [0.15, 0.2) is 48.5 Å². The van der Waals surface area contributed by atoms with E-state index in [-0.39, 0.29) is 12.1 Å². The summed E-state index contributed by atoms with van der Waals surface area (Å²) in [5.41, 5.74) is 3.50. The minimum atomic E-state index is -0.151. The quantitative estimate of drug-likeness (QED) is 0.875. The van der Waals surface area contributed by atoms with E-state index in [0.29, 0.717) is 11.6 Å². The minimum absolute atomic E-state index is 0.0937. The first kappa shape index (κ1) is 14.9. The number of hydrogen-bond donors (Lipinski definition) is 2. The smallest absolute Gasteiger partial charge is 0.315 e. The van der Waals surface area contributed by atoms with Crippen molar-refractivity contribution in [3.8, 4) is 0 Å². The highest BCUT2D eigenvalue weighted by atomic mass is 35.5. The number of nitrogens with one attached hydrogen (secondary N) is 2. The predicted molar refractivity (Wildman–Crippen MR) is 88.9 cm³/mol. The minimum Gasteiger partial charge on any atom is -0.334 e. The Balaban J connectivity index is 1.60. The zero-order valence-electron chi connectivity index (χ0n) is 12.3. The number of hydrogen-bond acceptors (Lipinski definition) is 1. The molecule has 114 valence electrons. The Morgan fingerprint density at radius 1 is 1.14 bits per heavy atom. The van der Waals surface area contributed by atoms with Gasteiger partial charge in [0.15, 0.2) is 0 Å². The number of rotatable bonds is 3. The first-order chi connectivity index (χ1) is 10.7. The number of fused-ring (bicyclic) bond motifs is 1. The Hall–Kier alpha value is -2.00. The third kappa shape index (κ3) is 3.42. The lowest BCUT2D eigenvalue weighted by atomic mass is 9.88. The zero-order valence-corrected chi connectivity index (χ0v) is 13.1. The van der Waals surface area contributed by atoms with Gasteiger partial charge in [-0.3, -0.25) is 0 Å². The fourth-order valence-electron chi connectivity index (χ4n) is 2.93. The molecule has 1 unspecified atom stereocenters. The summed E-state index contributed by atoms with van der Waals surface area (Å²) in [6, 6.07) is 15.8. The highest BCUT2D eigenvalue weighted by molar-refractivity contribution is 6.31. The molecule has 0 spiro atoms. The molecule has 3 rings (SSSR count). The van der Waals surface area contributed by atoms with Gasteiger partial charge < -0.3 is 10.6 Å². The van der Waals surface area contributed by atoms with Crippen LogP contribution in [0.4, 0.5) is 4.79 Å². The number of aryl methyl sites for hydroxylation is 1. The van der Waals surface area contributed by atoms with Gasteiger partial charge in [-0.1, -0.05) is 54.1 Å². The monoisotopic (exact) mass is 314 g/mol. The third-order valence-electron chi connectivity index (χ3n) is 4.07. The first-order valence-corrected chi connectivity index (χ1v) is 7.97. The van der Waals surface area contributed by atoms with E-state index in [9.17, 15) is 4.79 Å². The Morgan fingerprint density at radius 3 is 2.77 bits per heavy atom. The highest BCUT2D eigenvalue weighted by Crippen LogP contribution is 2.29. The molecule has 0 heterocycles. The van der Waals surface area contributed by atoms with Crippen molar-refractivity contribution in [3.05, 3.63) is 70.2 Å². The largest absolute Gasteiger partial charge is 0.334 e. The van der Waals surface area contributed by atoms with Crippen molar-refractivity contribution in [2.45, 2.75) is 31.8 Å². The molecule has 0 fully saturated rings. The Kier molecular flexibility index (Phi) is 4.64. The topological polar surface area (TPSA) is 41.1 Å². The van der Waals surface area contributed by atoms with Crippen LogP contribution in [0.1, 0.15) is 35.6 Å². The maximum Gasteiger partial charge on any atom is 0.315 e. The lowest BCUT2D eigenvalue weighted by Crippen LogP contribution is -2.38. The third-order valence-corrected chi connectivity index (χ3v) is 4.44. The van der Waals surface area contributed by atoms with Gasteiger partial charge in [-0.2, -0.15) is 0 Å². The van der Waals surface area contributed by atoms with Gasteiger partial charge in [-0.05, 0) is 42.0 Å². The summed E-state index contributed by atoms with van der Waals surface area (Å²) in [4.78, 5) is 12.1. The second-order valence-corrected chi connectivity index (χ2v) is 5.97. The van der Waals surface area contributed by atoms with E-state index in [1.807, 2.05) is 30.3 Å². The zero-order chi connectivity index (χ0) is 15.4. The number of carbonyl (C=O) groups is 1. The Labute approximate surface area is 135 Å². The molecule has 0 radical (unpaired) electrons. The van der Waals surface area contributed by atoms with E-state index in [0.717, 1.165) is 24.8 Å². The van der Waals surface area contributed by atoms with Gasteiger partial charge in [0.2, 0.25) is 0 Å². The number of carbonyl (C=O) groups excluding carboxylic acids is 1. The van der Waals surface area contributed by atoms with Crippen LogP contribution in [-0.2, 0) is 13.0 Å². The van der Waals surface area contributed by atoms with Crippen LogP contribution in [0.5, 0.6) is 0 Å². The molecule has 22 heavy (non-hydrogen) atoms. The van der Waals surface area contributed by atoms with Gasteiger partial charge in [0.1, 0.15) is 0 Å². The maximum absolute atomic E-state index is 12.1. The molecule has 3 nitrogen and oxygen atoms in total. The highest BCUT2D eigenvalue weighted by Gasteiger charge is 2.21. The van der Waals surface area contributed by atoms with Gasteiger partial charge in [0, 0.05) is 11.6 Å². The summed E-state index contributed by atoms with van der Waals surface area (Å²) in [5, 5.41) is 6.63. The lowest BCUT2D eigenvalue weighted by Gasteiger charge is -2.26. The molecule has 1 aliphatic carbocycles. The van der Waals surface area contributed by atoms with Crippen molar-refractivity contribution in [2.75, 3.05) is 0 Å². The summed E-state index contributed by atoms with van der Waals surface area (Å²) >= 11 is 6.09. The van der Waals surface area contributed by atoms with Crippen LogP contribution in [0.3, 0.4) is 0 Å². The fraction of sp³-hybridized carbons (Fsp3) is 0.278. The molecule has 0 saturated heterocycles. The van der Waals surface area contributed by atoms with Crippen LogP contribution in [0, 0.1) is 0 Å². The SMILES string of the molecule is O=C(NCc1ccccc1Cl)NC1CCCc2ccccc21. The van der Waals surface area contributed by atoms with Crippen LogP contribution in [0.25, 0.3) is 0 Å². The van der Waals surface area contributed by atoms with E-state index in [1.165, 1.54) is 11.1 Å². The molecule has 0 bridgehead atoms. The maximum atomic E-state index is 12.1. The molecule has 2 aromatic rings. The molecule has 4 heteroatoms. The molecular weight excluding hydrogens is 296 g/mol. The molecule has 1 atom stereocenters. The summed E-state index contributed by atoms with van der Waals surface area (Å²) in [6.45, 7) is 0.430. The van der Waals surface area contributed by atoms with Crippen LogP contribution in [0.2, 0.25) is 5.02 Å². The van der Waals surface area contributed by atoms with Gasteiger partial charge >= 0.3 is 6.03 Å². The molecule has 2 N–H and O–H groups in total. The van der Waals surface area contributed by atoms with Crippen LogP contribution in [-0.4, -0.2) is 6.03 Å². The molecule has 2 amide bonds. The molecule has 0 aromatic heterocycles. The van der Waals surface area contributed by atoms with Gasteiger partial charge in [-0.25, -0.2) is 4.79 Å². The van der Waals surface area contributed by atoms with E-state index in [1.54, 1.807) is 0 Å². The van der Waals surface area contributed by atoms with Crippen LogP contribution < -0.4 is 10.6 Å². The van der Waals surface area contributed by atoms with Crippen molar-refractivity contribution < 1.29 is 4.79 Å². The number of benzene rings is 2. The average Bonchev–Trinajstić information content (AvgIpc) is 2.54. The normalized spacial score (nSPS) is 16.7. The molecular formula is C18H19ClN2O. The average molecular weight is 315 g/mol. The van der Waals surface area contributed by atoms with Gasteiger partial charge in [0.25, 0.3) is 0 Å². The van der Waals surface area contributed by atoms with Crippen molar-refractivity contribution in [2.24, 2.45) is 0 Å². The molecule has 0 aliphatic heterocycles. The van der Waals surface area contributed by atoms with E-state index in [4.69, 9.17) is 11.6 Å². The second kappa shape index (κ2) is 6.84. The molecule has 1 aliphatic rings. The standard InChI is InChI=1S/C18H19ClN2O/c19-16-10-4-2-7-14(16)12-20-18(22)21-17-11-5-8-13-6-1-3-9-15(13)17/h1-4,6-7,9-10,17H,5,8,11-12H2,(H2,20,21,22). The molecule has 2 aromatic carbocycles. The van der Waals surface area contributed by atoms with Crippen molar-refractivity contribution in [1.82, 2.24) is 10.6 Å². The van der Waals surface area contributed by atoms with E-state index in [2.05, 4.69) is 28.8 Å². The first-order valence-electron chi connectivity index (χ1n) is 7.59. The van der Waals surface area contributed by atoms with E-state index < -0.39 is 0 Å². The number of urea groups is 1. The lowest BCUT2D eigenvalue weighted by molar-refractivity contribution is 0.235. The van der Waals surface area contributed by atoms with E-state index >= 15 is 0 Å².